The van der Waals surface area contributed by atoms with Gasteiger partial charge in [-0.1, -0.05) is 0 Å². The van der Waals surface area contributed by atoms with E-state index in [4.69, 9.17) is 5.73 Å². The summed E-state index contributed by atoms with van der Waals surface area (Å²) in [5.41, 5.74) is 6.58. The molecule has 4 fully saturated rings. The normalized spacial score (nSPS) is 49.3. The molecule has 0 amide bonds. The molecular weight excluding hydrogens is 222 g/mol. The quantitative estimate of drug-likeness (QED) is 0.821. The van der Waals surface area contributed by atoms with Crippen LogP contribution in [-0.4, -0.2) is 53.1 Å². The van der Waals surface area contributed by atoms with Crippen molar-refractivity contribution in [2.45, 2.75) is 69.1 Å². The van der Waals surface area contributed by atoms with Crippen LogP contribution in [0, 0.1) is 5.92 Å². The third-order valence-electron chi connectivity index (χ3n) is 6.13. The zero-order chi connectivity index (χ0) is 12.3. The van der Waals surface area contributed by atoms with Gasteiger partial charge < -0.3 is 5.73 Å². The molecule has 2 saturated carbocycles. The molecule has 0 aromatic carbocycles. The highest BCUT2D eigenvalue weighted by Crippen LogP contribution is 2.46. The van der Waals surface area contributed by atoms with Crippen molar-refractivity contribution in [2.24, 2.45) is 11.7 Å². The van der Waals surface area contributed by atoms with Gasteiger partial charge in [0.15, 0.2) is 0 Å². The minimum Gasteiger partial charge on any atom is -0.329 e. The smallest absolute Gasteiger partial charge is 0.0476 e. The van der Waals surface area contributed by atoms with E-state index in [0.29, 0.717) is 5.54 Å². The first kappa shape index (κ1) is 11.7. The average Bonchev–Trinajstić information content (AvgIpc) is 2.86. The predicted molar refractivity (Wildman–Crippen MR) is 73.4 cm³/mol. The summed E-state index contributed by atoms with van der Waals surface area (Å²) in [7, 11) is 0. The molecule has 4 rings (SSSR count). The van der Waals surface area contributed by atoms with Gasteiger partial charge in [0.25, 0.3) is 0 Å². The van der Waals surface area contributed by atoms with Crippen molar-refractivity contribution < 1.29 is 0 Å². The van der Waals surface area contributed by atoms with Crippen molar-refractivity contribution in [2.75, 3.05) is 19.6 Å². The van der Waals surface area contributed by atoms with Crippen molar-refractivity contribution in [1.29, 1.82) is 0 Å². The number of piperidine rings is 1. The van der Waals surface area contributed by atoms with Crippen LogP contribution in [0.3, 0.4) is 0 Å². The summed E-state index contributed by atoms with van der Waals surface area (Å²) in [4.78, 5) is 5.60. The molecule has 0 aromatic heterocycles. The van der Waals surface area contributed by atoms with Gasteiger partial charge >= 0.3 is 0 Å². The lowest BCUT2D eigenvalue weighted by Gasteiger charge is -2.43. The Bertz CT molecular complexity index is 341. The molecule has 18 heavy (non-hydrogen) atoms. The third-order valence-corrected chi connectivity index (χ3v) is 6.13. The zero-order valence-corrected chi connectivity index (χ0v) is 11.6. The van der Waals surface area contributed by atoms with E-state index in [1.807, 2.05) is 0 Å². The number of hydrogen-bond donors (Lipinski definition) is 1. The molecule has 0 spiro atoms. The van der Waals surface area contributed by atoms with Crippen molar-refractivity contribution in [3.63, 3.8) is 0 Å². The molecule has 102 valence electrons. The van der Waals surface area contributed by atoms with Gasteiger partial charge in [0.05, 0.1) is 0 Å². The molecule has 3 nitrogen and oxygen atoms in total. The molecule has 4 unspecified atom stereocenters. The van der Waals surface area contributed by atoms with Crippen molar-refractivity contribution >= 4 is 0 Å². The Morgan fingerprint density at radius 2 is 1.94 bits per heavy atom. The molecule has 2 N–H and O–H groups in total. The van der Waals surface area contributed by atoms with Crippen molar-refractivity contribution in [3.05, 3.63) is 0 Å². The molecule has 4 aliphatic rings. The van der Waals surface area contributed by atoms with Gasteiger partial charge in [0.1, 0.15) is 0 Å². The molecule has 2 saturated heterocycles. The SMILES string of the molecule is CC1CC(CN)(N2CC3CCC2C3)CN1C1CC1. The third kappa shape index (κ3) is 1.60. The second kappa shape index (κ2) is 3.94. The first-order valence-corrected chi connectivity index (χ1v) is 7.94. The van der Waals surface area contributed by atoms with Gasteiger partial charge in [-0.15, -0.1) is 0 Å². The molecular formula is C15H27N3. The number of nitrogens with two attached hydrogens (primary N) is 1. The maximum atomic E-state index is 6.26. The molecule has 2 bridgehead atoms. The summed E-state index contributed by atoms with van der Waals surface area (Å²) < 4.78 is 0. The first-order valence-electron chi connectivity index (χ1n) is 7.94. The highest BCUT2D eigenvalue weighted by Gasteiger charge is 2.54. The number of nitrogens with zero attached hydrogens (tertiary/aromatic N) is 2. The summed E-state index contributed by atoms with van der Waals surface area (Å²) in [6.07, 6.45) is 8.53. The largest absolute Gasteiger partial charge is 0.329 e. The second-order valence-corrected chi connectivity index (χ2v) is 7.37. The van der Waals surface area contributed by atoms with Crippen molar-refractivity contribution in [1.82, 2.24) is 9.80 Å². The Labute approximate surface area is 111 Å². The van der Waals surface area contributed by atoms with Crippen LogP contribution in [0.4, 0.5) is 0 Å². The van der Waals surface area contributed by atoms with Crippen LogP contribution >= 0.6 is 0 Å². The highest BCUT2D eigenvalue weighted by atomic mass is 15.4. The maximum absolute atomic E-state index is 6.26. The number of rotatable bonds is 3. The number of likely N-dealkylation sites (tertiary alicyclic amines) is 2. The van der Waals surface area contributed by atoms with E-state index in [0.717, 1.165) is 30.6 Å². The number of fused-ring (bicyclic) bond motifs is 2. The molecule has 2 heterocycles. The Balaban J connectivity index is 1.56. The second-order valence-electron chi connectivity index (χ2n) is 7.37. The molecule has 2 aliphatic heterocycles. The lowest BCUT2D eigenvalue weighted by Crippen LogP contribution is -2.58. The van der Waals surface area contributed by atoms with E-state index >= 15 is 0 Å². The number of hydrogen-bond acceptors (Lipinski definition) is 3. The molecule has 0 aromatic rings. The van der Waals surface area contributed by atoms with E-state index in [-0.39, 0.29) is 0 Å². The lowest BCUT2D eigenvalue weighted by molar-refractivity contribution is 0.0651. The summed E-state index contributed by atoms with van der Waals surface area (Å²) in [5.74, 6) is 0.990. The fourth-order valence-corrected chi connectivity index (χ4v) is 5.10. The predicted octanol–water partition coefficient (Wildman–Crippen LogP) is 1.42. The van der Waals surface area contributed by atoms with Gasteiger partial charge in [0, 0.05) is 43.3 Å². The van der Waals surface area contributed by atoms with Gasteiger partial charge in [-0.05, 0) is 51.4 Å². The maximum Gasteiger partial charge on any atom is 0.0476 e. The summed E-state index contributed by atoms with van der Waals surface area (Å²) >= 11 is 0. The standard InChI is InChI=1S/C15H27N3/c1-11-7-15(9-16,10-17(11)13-4-5-13)18-8-12-2-3-14(18)6-12/h11-14H,2-10,16H2,1H3. The topological polar surface area (TPSA) is 32.5 Å². The molecule has 2 aliphatic carbocycles. The molecule has 3 heteroatoms. The van der Waals surface area contributed by atoms with Gasteiger partial charge in [-0.3, -0.25) is 9.80 Å². The minimum absolute atomic E-state index is 0.321. The average molecular weight is 249 g/mol. The monoisotopic (exact) mass is 249 g/mol. The fourth-order valence-electron chi connectivity index (χ4n) is 5.10. The van der Waals surface area contributed by atoms with E-state index in [9.17, 15) is 0 Å². The van der Waals surface area contributed by atoms with E-state index in [1.165, 1.54) is 51.6 Å². The molecule has 0 radical (unpaired) electrons. The van der Waals surface area contributed by atoms with Crippen LogP contribution in [-0.2, 0) is 0 Å². The van der Waals surface area contributed by atoms with Crippen molar-refractivity contribution in [3.8, 4) is 0 Å². The Kier molecular flexibility index (Phi) is 2.56. The Morgan fingerprint density at radius 3 is 2.50 bits per heavy atom. The van der Waals surface area contributed by atoms with E-state index in [2.05, 4.69) is 16.7 Å². The van der Waals surface area contributed by atoms with Gasteiger partial charge in [0.2, 0.25) is 0 Å². The Hall–Kier alpha value is -0.120. The van der Waals surface area contributed by atoms with Crippen LogP contribution in [0.2, 0.25) is 0 Å². The van der Waals surface area contributed by atoms with Gasteiger partial charge in [-0.2, -0.15) is 0 Å². The van der Waals surface area contributed by atoms with E-state index < -0.39 is 0 Å². The highest BCUT2D eigenvalue weighted by molar-refractivity contribution is 5.11. The van der Waals surface area contributed by atoms with Crippen LogP contribution in [0.25, 0.3) is 0 Å². The van der Waals surface area contributed by atoms with Crippen LogP contribution in [0.1, 0.15) is 45.4 Å². The van der Waals surface area contributed by atoms with E-state index in [1.54, 1.807) is 0 Å². The summed E-state index contributed by atoms with van der Waals surface area (Å²) in [6, 6.07) is 2.51. The van der Waals surface area contributed by atoms with Crippen LogP contribution in [0.5, 0.6) is 0 Å². The van der Waals surface area contributed by atoms with Crippen LogP contribution < -0.4 is 5.73 Å². The zero-order valence-electron chi connectivity index (χ0n) is 11.6. The first-order chi connectivity index (χ1) is 8.72. The summed E-state index contributed by atoms with van der Waals surface area (Å²) in [5, 5.41) is 0. The molecule has 4 atom stereocenters. The van der Waals surface area contributed by atoms with Gasteiger partial charge in [-0.25, -0.2) is 0 Å². The fraction of sp³-hybridized carbons (Fsp3) is 1.00. The Morgan fingerprint density at radius 1 is 1.17 bits per heavy atom. The minimum atomic E-state index is 0.321. The van der Waals surface area contributed by atoms with Crippen LogP contribution in [0.15, 0.2) is 0 Å². The summed E-state index contributed by atoms with van der Waals surface area (Å²) in [6.45, 7) is 5.87. The lowest BCUT2D eigenvalue weighted by atomic mass is 9.91.